The van der Waals surface area contributed by atoms with Crippen molar-refractivity contribution in [3.8, 4) is 0 Å². The van der Waals surface area contributed by atoms with Crippen LogP contribution < -0.4 is 4.72 Å². The first kappa shape index (κ1) is 15.4. The molecule has 0 atom stereocenters. The molecule has 2 rings (SSSR count). The second-order valence-electron chi connectivity index (χ2n) is 4.16. The van der Waals surface area contributed by atoms with E-state index in [9.17, 15) is 18.5 Å². The minimum Gasteiger partial charge on any atom is -0.258 e. The summed E-state index contributed by atoms with van der Waals surface area (Å²) in [5, 5.41) is 10.8. The molecule has 0 aromatic heterocycles. The maximum Gasteiger partial charge on any atom is 0.290 e. The number of halogens is 1. The normalized spacial score (nSPS) is 11.3. The fourth-order valence-corrected chi connectivity index (χ4v) is 3.47. The van der Waals surface area contributed by atoms with Crippen molar-refractivity contribution < 1.29 is 13.3 Å². The Bertz CT molecular complexity index is 763. The molecule has 0 saturated heterocycles. The third-order valence-electron chi connectivity index (χ3n) is 2.72. The molecule has 2 aromatic carbocycles. The summed E-state index contributed by atoms with van der Waals surface area (Å²) in [6, 6.07) is 12.5. The fourth-order valence-electron chi connectivity index (χ4n) is 1.75. The average Bonchev–Trinajstić information content (AvgIpc) is 2.46. The molecule has 0 aliphatic rings. The third kappa shape index (κ3) is 3.57. The molecule has 0 saturated carbocycles. The highest BCUT2D eigenvalue weighted by Gasteiger charge is 2.28. The van der Waals surface area contributed by atoms with E-state index in [2.05, 4.69) is 4.72 Å². The van der Waals surface area contributed by atoms with Gasteiger partial charge in [-0.15, -0.1) is 0 Å². The largest absolute Gasteiger partial charge is 0.290 e. The van der Waals surface area contributed by atoms with Crippen molar-refractivity contribution in [3.63, 3.8) is 0 Å². The van der Waals surface area contributed by atoms with Gasteiger partial charge in [0.05, 0.1) is 9.95 Å². The second kappa shape index (κ2) is 6.21. The number of nitrogens with one attached hydrogen (secondary N) is 1. The van der Waals surface area contributed by atoms with Crippen LogP contribution in [0.3, 0.4) is 0 Å². The molecule has 21 heavy (non-hydrogen) atoms. The number of benzene rings is 2. The van der Waals surface area contributed by atoms with Crippen LogP contribution in [0.5, 0.6) is 0 Å². The Morgan fingerprint density at radius 2 is 1.76 bits per heavy atom. The van der Waals surface area contributed by atoms with Crippen LogP contribution in [0.15, 0.2) is 53.4 Å². The lowest BCUT2D eigenvalue weighted by atomic mass is 10.2. The van der Waals surface area contributed by atoms with Crippen molar-refractivity contribution in [2.45, 2.75) is 11.4 Å². The second-order valence-corrected chi connectivity index (χ2v) is 6.27. The molecule has 6 nitrogen and oxygen atoms in total. The Labute approximate surface area is 126 Å². The minimum absolute atomic E-state index is 0.0194. The molecule has 0 bridgehead atoms. The molecule has 0 aliphatic heterocycles. The first-order valence-electron chi connectivity index (χ1n) is 5.88. The summed E-state index contributed by atoms with van der Waals surface area (Å²) in [4.78, 5) is 9.65. The average molecular weight is 327 g/mol. The Balaban J connectivity index is 2.34. The molecule has 8 heteroatoms. The van der Waals surface area contributed by atoms with E-state index in [1.807, 2.05) is 0 Å². The first-order valence-corrected chi connectivity index (χ1v) is 7.74. The summed E-state index contributed by atoms with van der Waals surface area (Å²) in [5.74, 6) is 0. The molecule has 110 valence electrons. The Morgan fingerprint density at radius 3 is 2.38 bits per heavy atom. The maximum atomic E-state index is 12.3. The van der Waals surface area contributed by atoms with Gasteiger partial charge in [0.25, 0.3) is 5.69 Å². The van der Waals surface area contributed by atoms with Crippen molar-refractivity contribution in [2.75, 3.05) is 0 Å². The predicted octanol–water partition coefficient (Wildman–Crippen LogP) is 2.73. The monoisotopic (exact) mass is 326 g/mol. The van der Waals surface area contributed by atoms with Gasteiger partial charge in [0, 0.05) is 12.6 Å². The van der Waals surface area contributed by atoms with E-state index in [0.717, 1.165) is 11.6 Å². The summed E-state index contributed by atoms with van der Waals surface area (Å²) in [5.41, 5.74) is 0.179. The lowest BCUT2D eigenvalue weighted by molar-refractivity contribution is -0.387. The predicted molar refractivity (Wildman–Crippen MR) is 78.6 cm³/mol. The van der Waals surface area contributed by atoms with Gasteiger partial charge in [-0.05, 0) is 11.6 Å². The van der Waals surface area contributed by atoms with Gasteiger partial charge in [-0.2, -0.15) is 0 Å². The van der Waals surface area contributed by atoms with Crippen LogP contribution >= 0.6 is 11.6 Å². The molecule has 0 radical (unpaired) electrons. The van der Waals surface area contributed by atoms with Crippen LogP contribution in [0.25, 0.3) is 0 Å². The summed E-state index contributed by atoms with van der Waals surface area (Å²) < 4.78 is 26.8. The first-order chi connectivity index (χ1) is 9.92. The van der Waals surface area contributed by atoms with Crippen molar-refractivity contribution in [1.82, 2.24) is 4.72 Å². The molecular weight excluding hydrogens is 316 g/mol. The molecule has 0 aliphatic carbocycles. The number of nitro benzene ring substituents is 1. The van der Waals surface area contributed by atoms with Gasteiger partial charge in [0.2, 0.25) is 10.0 Å². The van der Waals surface area contributed by atoms with Gasteiger partial charge in [-0.25, -0.2) is 13.1 Å². The number of nitro groups is 1. The Hall–Kier alpha value is -1.96. The number of hydrogen-bond acceptors (Lipinski definition) is 4. The zero-order chi connectivity index (χ0) is 15.5. The molecule has 2 aromatic rings. The van der Waals surface area contributed by atoms with Gasteiger partial charge >= 0.3 is 0 Å². The standard InChI is InChI=1S/C13H11ClN2O4S/c14-11-7-4-8-12(16(17)18)13(11)21(19,20)15-9-10-5-2-1-3-6-10/h1-8,15H,9H2. The SMILES string of the molecule is O=[N+]([O-])c1cccc(Cl)c1S(=O)(=O)NCc1ccccc1. The molecule has 0 spiro atoms. The molecular formula is C13H11ClN2O4S. The van der Waals surface area contributed by atoms with E-state index in [4.69, 9.17) is 11.6 Å². The van der Waals surface area contributed by atoms with Crippen LogP contribution in [-0.4, -0.2) is 13.3 Å². The van der Waals surface area contributed by atoms with Crippen molar-refractivity contribution in [1.29, 1.82) is 0 Å². The number of nitrogens with zero attached hydrogens (tertiary/aromatic N) is 1. The van der Waals surface area contributed by atoms with Gasteiger partial charge in [0.1, 0.15) is 0 Å². The highest BCUT2D eigenvalue weighted by Crippen LogP contribution is 2.30. The highest BCUT2D eigenvalue weighted by molar-refractivity contribution is 7.89. The number of sulfonamides is 1. The van der Waals surface area contributed by atoms with E-state index >= 15 is 0 Å². The van der Waals surface area contributed by atoms with E-state index < -0.39 is 25.5 Å². The zero-order valence-electron chi connectivity index (χ0n) is 10.7. The van der Waals surface area contributed by atoms with E-state index in [1.165, 1.54) is 12.1 Å². The fraction of sp³-hybridized carbons (Fsp3) is 0.0769. The van der Waals surface area contributed by atoms with Crippen molar-refractivity contribution >= 4 is 27.3 Å². The van der Waals surface area contributed by atoms with Gasteiger partial charge in [-0.3, -0.25) is 10.1 Å². The Kier molecular flexibility index (Phi) is 4.56. The van der Waals surface area contributed by atoms with E-state index in [0.29, 0.717) is 0 Å². The van der Waals surface area contributed by atoms with Crippen LogP contribution in [0, 0.1) is 10.1 Å². The molecule has 1 N–H and O–H groups in total. The summed E-state index contributed by atoms with van der Waals surface area (Å²) in [6.07, 6.45) is 0. The van der Waals surface area contributed by atoms with Crippen LogP contribution in [0.4, 0.5) is 5.69 Å². The van der Waals surface area contributed by atoms with E-state index in [-0.39, 0.29) is 11.6 Å². The van der Waals surface area contributed by atoms with Crippen LogP contribution in [0.2, 0.25) is 5.02 Å². The number of rotatable bonds is 5. The molecule has 0 amide bonds. The molecule has 0 unspecified atom stereocenters. The third-order valence-corrected chi connectivity index (χ3v) is 4.64. The van der Waals surface area contributed by atoms with Crippen molar-refractivity contribution in [3.05, 3.63) is 69.2 Å². The smallest absolute Gasteiger partial charge is 0.258 e. The maximum absolute atomic E-state index is 12.3. The summed E-state index contributed by atoms with van der Waals surface area (Å²) in [6.45, 7) is 0.0194. The summed E-state index contributed by atoms with van der Waals surface area (Å²) >= 11 is 5.82. The van der Waals surface area contributed by atoms with Crippen molar-refractivity contribution in [2.24, 2.45) is 0 Å². The van der Waals surface area contributed by atoms with Gasteiger partial charge in [0.15, 0.2) is 4.90 Å². The highest BCUT2D eigenvalue weighted by atomic mass is 35.5. The topological polar surface area (TPSA) is 89.3 Å². The number of hydrogen-bond donors (Lipinski definition) is 1. The van der Waals surface area contributed by atoms with Gasteiger partial charge < -0.3 is 0 Å². The van der Waals surface area contributed by atoms with Crippen LogP contribution in [0.1, 0.15) is 5.56 Å². The zero-order valence-corrected chi connectivity index (χ0v) is 12.3. The lowest BCUT2D eigenvalue weighted by Gasteiger charge is -2.08. The molecule has 0 heterocycles. The lowest BCUT2D eigenvalue weighted by Crippen LogP contribution is -2.24. The minimum atomic E-state index is -4.09. The van der Waals surface area contributed by atoms with Crippen LogP contribution in [-0.2, 0) is 16.6 Å². The quantitative estimate of drug-likeness (QED) is 0.675. The van der Waals surface area contributed by atoms with Gasteiger partial charge in [-0.1, -0.05) is 48.0 Å². The summed E-state index contributed by atoms with van der Waals surface area (Å²) in [7, 11) is -4.09. The Morgan fingerprint density at radius 1 is 1.10 bits per heavy atom. The molecule has 0 fully saturated rings. The van der Waals surface area contributed by atoms with E-state index in [1.54, 1.807) is 30.3 Å².